The molecule has 7 nitrogen and oxygen atoms in total. The lowest BCUT2D eigenvalue weighted by atomic mass is 10.1. The van der Waals surface area contributed by atoms with Gasteiger partial charge in [-0.25, -0.2) is 14.4 Å². The number of aromatic nitrogens is 3. The number of aryl methyl sites for hydroxylation is 1. The van der Waals surface area contributed by atoms with Crippen molar-refractivity contribution in [2.24, 2.45) is 0 Å². The smallest absolute Gasteiger partial charge is 0.291 e. The topological polar surface area (TPSA) is 84.0 Å². The van der Waals surface area contributed by atoms with Crippen LogP contribution in [0.1, 0.15) is 41.8 Å². The van der Waals surface area contributed by atoms with Gasteiger partial charge in [0.1, 0.15) is 11.8 Å². The van der Waals surface area contributed by atoms with Gasteiger partial charge in [0.05, 0.1) is 18.1 Å². The minimum Gasteiger partial charge on any atom is -0.436 e. The maximum absolute atomic E-state index is 14.8. The molecule has 3 aromatic rings. The zero-order valence-electron chi connectivity index (χ0n) is 16.7. The minimum atomic E-state index is -0.571. The van der Waals surface area contributed by atoms with Crippen LogP contribution in [0.3, 0.4) is 0 Å². The molecule has 0 fully saturated rings. The van der Waals surface area contributed by atoms with Crippen LogP contribution in [0.4, 0.5) is 4.39 Å². The van der Waals surface area contributed by atoms with E-state index < -0.39 is 5.82 Å². The van der Waals surface area contributed by atoms with Gasteiger partial charge in [0.2, 0.25) is 11.7 Å². The summed E-state index contributed by atoms with van der Waals surface area (Å²) in [5.41, 5.74) is 2.18. The lowest BCUT2D eigenvalue weighted by molar-refractivity contribution is 0.0763. The van der Waals surface area contributed by atoms with Crippen molar-refractivity contribution in [2.45, 2.75) is 33.4 Å². The summed E-state index contributed by atoms with van der Waals surface area (Å²) in [5, 5.41) is 8.93. The minimum absolute atomic E-state index is 0.000743. The fourth-order valence-corrected chi connectivity index (χ4v) is 3.51. The number of hydrogen-bond acceptors (Lipinski definition) is 5. The Bertz CT molecular complexity index is 1160. The van der Waals surface area contributed by atoms with Crippen LogP contribution in [0.5, 0.6) is 11.6 Å². The highest BCUT2D eigenvalue weighted by Gasteiger charge is 2.32. The first-order chi connectivity index (χ1) is 14.5. The fraction of sp³-hybridized carbons (Fsp3) is 0.273. The van der Waals surface area contributed by atoms with Gasteiger partial charge in [0, 0.05) is 18.2 Å². The van der Waals surface area contributed by atoms with E-state index in [-0.39, 0.29) is 23.2 Å². The van der Waals surface area contributed by atoms with E-state index >= 15 is 0 Å². The van der Waals surface area contributed by atoms with Gasteiger partial charge in [0.15, 0.2) is 11.6 Å². The molecule has 2 aromatic heterocycles. The molecule has 0 saturated heterocycles. The quantitative estimate of drug-likeness (QED) is 0.611. The molecule has 0 aliphatic carbocycles. The first-order valence-corrected chi connectivity index (χ1v) is 9.73. The number of unbranched alkanes of at least 4 members (excludes halogenated alkanes) is 1. The monoisotopic (exact) mass is 405 g/mol. The summed E-state index contributed by atoms with van der Waals surface area (Å²) in [6.45, 7) is 4.97. The molecule has 1 amide bonds. The average molecular weight is 405 g/mol. The molecule has 0 spiro atoms. The first kappa shape index (κ1) is 19.6. The molecule has 1 aromatic carbocycles. The highest BCUT2D eigenvalue weighted by molar-refractivity contribution is 5.94. The Morgan fingerprint density at radius 2 is 2.10 bits per heavy atom. The van der Waals surface area contributed by atoms with Gasteiger partial charge < -0.3 is 14.2 Å². The van der Waals surface area contributed by atoms with E-state index in [0.717, 1.165) is 12.8 Å². The van der Waals surface area contributed by atoms with Crippen LogP contribution in [0, 0.1) is 24.1 Å². The van der Waals surface area contributed by atoms with E-state index in [1.165, 1.54) is 12.1 Å². The third-order valence-electron chi connectivity index (χ3n) is 4.97. The van der Waals surface area contributed by atoms with Crippen molar-refractivity contribution < 1.29 is 13.9 Å². The van der Waals surface area contributed by atoms with Gasteiger partial charge in [-0.2, -0.15) is 5.26 Å². The lowest BCUT2D eigenvalue weighted by Gasteiger charge is -2.16. The molecule has 0 atom stereocenters. The molecule has 8 heteroatoms. The van der Waals surface area contributed by atoms with Gasteiger partial charge in [-0.3, -0.25) is 4.79 Å². The number of ether oxygens (including phenoxy) is 1. The molecule has 3 heterocycles. The number of imidazole rings is 1. The molecule has 0 bridgehead atoms. The van der Waals surface area contributed by atoms with Crippen molar-refractivity contribution >= 4 is 5.91 Å². The summed E-state index contributed by atoms with van der Waals surface area (Å²) in [7, 11) is 0. The Balaban J connectivity index is 1.62. The molecule has 4 rings (SSSR count). The maximum atomic E-state index is 14.8. The van der Waals surface area contributed by atoms with Crippen LogP contribution in [-0.4, -0.2) is 31.9 Å². The van der Waals surface area contributed by atoms with Crippen molar-refractivity contribution in [3.63, 3.8) is 0 Å². The van der Waals surface area contributed by atoms with E-state index in [9.17, 15) is 9.18 Å². The number of carbonyl (C=O) groups excluding carboxylic acids is 1. The third-order valence-corrected chi connectivity index (χ3v) is 4.97. The van der Waals surface area contributed by atoms with Crippen molar-refractivity contribution in [1.29, 1.82) is 5.26 Å². The molecule has 1 aliphatic heterocycles. The number of amides is 1. The van der Waals surface area contributed by atoms with Gasteiger partial charge in [-0.15, -0.1) is 0 Å². The number of nitrogens with zero attached hydrogens (tertiary/aromatic N) is 5. The molecule has 1 aliphatic rings. The van der Waals surface area contributed by atoms with Crippen molar-refractivity contribution in [3.05, 3.63) is 59.4 Å². The van der Waals surface area contributed by atoms with Gasteiger partial charge in [0.25, 0.3) is 5.91 Å². The van der Waals surface area contributed by atoms with Crippen LogP contribution in [0.15, 0.2) is 36.4 Å². The van der Waals surface area contributed by atoms with Crippen molar-refractivity contribution in [2.75, 3.05) is 6.54 Å². The van der Waals surface area contributed by atoms with E-state index in [1.54, 1.807) is 29.2 Å². The fourth-order valence-electron chi connectivity index (χ4n) is 3.51. The van der Waals surface area contributed by atoms with E-state index in [0.29, 0.717) is 36.0 Å². The summed E-state index contributed by atoms with van der Waals surface area (Å²) >= 11 is 0. The predicted octanol–water partition coefficient (Wildman–Crippen LogP) is 4.27. The van der Waals surface area contributed by atoms with Crippen LogP contribution in [0.25, 0.3) is 11.3 Å². The number of nitriles is 1. The molecular formula is C22H20FN5O2. The zero-order valence-corrected chi connectivity index (χ0v) is 16.7. The van der Waals surface area contributed by atoms with E-state index in [1.807, 2.05) is 17.6 Å². The molecule has 30 heavy (non-hydrogen) atoms. The second kappa shape index (κ2) is 7.95. The summed E-state index contributed by atoms with van der Waals surface area (Å²) in [5.74, 6) is -0.141. The lowest BCUT2D eigenvalue weighted by Crippen LogP contribution is -2.26. The Hall–Kier alpha value is -3.73. The molecule has 0 radical (unpaired) electrons. The van der Waals surface area contributed by atoms with E-state index in [2.05, 4.69) is 16.9 Å². The SMILES string of the molecule is CCCCN1Cn2c(nc(C)c2-c2ccc(Oc3cccc(C#N)n3)c(F)c2)C1=O. The van der Waals surface area contributed by atoms with Gasteiger partial charge in [-0.05, 0) is 37.6 Å². The Labute approximate surface area is 173 Å². The largest absolute Gasteiger partial charge is 0.436 e. The predicted molar refractivity (Wildman–Crippen MR) is 107 cm³/mol. The standard InChI is InChI=1S/C22H20FN5O2/c1-3-4-10-27-13-28-20(14(2)25-21(28)22(27)29)15-8-9-18(17(23)11-15)30-19-7-5-6-16(12-24)26-19/h5-9,11H,3-4,10,13H2,1-2H3. The van der Waals surface area contributed by atoms with Crippen molar-refractivity contribution in [1.82, 2.24) is 19.4 Å². The van der Waals surface area contributed by atoms with Gasteiger partial charge in [-0.1, -0.05) is 19.4 Å². The summed E-state index contributed by atoms with van der Waals surface area (Å²) in [6, 6.07) is 11.2. The number of fused-ring (bicyclic) bond motifs is 1. The molecule has 152 valence electrons. The van der Waals surface area contributed by atoms with Crippen LogP contribution < -0.4 is 4.74 Å². The maximum Gasteiger partial charge on any atom is 0.291 e. The molecular weight excluding hydrogens is 385 g/mol. The molecule has 0 unspecified atom stereocenters. The number of rotatable bonds is 6. The van der Waals surface area contributed by atoms with Crippen LogP contribution >= 0.6 is 0 Å². The third kappa shape index (κ3) is 3.50. The summed E-state index contributed by atoms with van der Waals surface area (Å²) in [6.07, 6.45) is 1.92. The zero-order chi connectivity index (χ0) is 21.3. The normalized spacial score (nSPS) is 12.7. The number of pyridine rings is 1. The van der Waals surface area contributed by atoms with Crippen LogP contribution in [-0.2, 0) is 6.67 Å². The second-order valence-electron chi connectivity index (χ2n) is 7.08. The Morgan fingerprint density at radius 1 is 1.27 bits per heavy atom. The van der Waals surface area contributed by atoms with Crippen molar-refractivity contribution in [3.8, 4) is 29.0 Å². The summed E-state index contributed by atoms with van der Waals surface area (Å²) < 4.78 is 22.1. The number of halogens is 1. The number of benzene rings is 1. The van der Waals surface area contributed by atoms with E-state index in [4.69, 9.17) is 10.00 Å². The first-order valence-electron chi connectivity index (χ1n) is 9.73. The number of carbonyl (C=O) groups is 1. The van der Waals surface area contributed by atoms with Crippen LogP contribution in [0.2, 0.25) is 0 Å². The Morgan fingerprint density at radius 3 is 2.83 bits per heavy atom. The molecule has 0 saturated carbocycles. The highest BCUT2D eigenvalue weighted by Crippen LogP contribution is 2.33. The van der Waals surface area contributed by atoms with Gasteiger partial charge >= 0.3 is 0 Å². The highest BCUT2D eigenvalue weighted by atomic mass is 19.1. The summed E-state index contributed by atoms with van der Waals surface area (Å²) in [4.78, 5) is 22.8. The Kier molecular flexibility index (Phi) is 5.19. The number of hydrogen-bond donors (Lipinski definition) is 0. The average Bonchev–Trinajstić information content (AvgIpc) is 3.22. The molecule has 0 N–H and O–H groups in total. The second-order valence-corrected chi connectivity index (χ2v) is 7.08.